The van der Waals surface area contributed by atoms with E-state index in [1.807, 2.05) is 14.0 Å². The van der Waals surface area contributed by atoms with E-state index in [0.29, 0.717) is 5.69 Å². The van der Waals surface area contributed by atoms with Gasteiger partial charge in [0.05, 0.1) is 17.6 Å². The average molecular weight is 270 g/mol. The van der Waals surface area contributed by atoms with Crippen LogP contribution in [0.2, 0.25) is 0 Å². The maximum Gasteiger partial charge on any atom is 0.435 e. The van der Waals surface area contributed by atoms with Crippen LogP contribution < -0.4 is 5.32 Å². The quantitative estimate of drug-likeness (QED) is 0.932. The molecule has 0 saturated heterocycles. The van der Waals surface area contributed by atoms with E-state index in [1.54, 1.807) is 12.1 Å². The van der Waals surface area contributed by atoms with Crippen LogP contribution in [0, 0.1) is 0 Å². The number of hydrogen-bond acceptors (Lipinski definition) is 3. The van der Waals surface area contributed by atoms with Gasteiger partial charge in [-0.2, -0.15) is 18.3 Å². The SMILES string of the molecule is CNC(C)c1ccc(-n2ccc(C(F)(F)F)n2)cn1. The zero-order valence-corrected chi connectivity index (χ0v) is 10.4. The molecule has 2 heterocycles. The molecule has 0 saturated carbocycles. The van der Waals surface area contributed by atoms with Crippen molar-refractivity contribution >= 4 is 0 Å². The minimum atomic E-state index is -4.43. The molecule has 0 amide bonds. The van der Waals surface area contributed by atoms with Crippen LogP contribution in [0.25, 0.3) is 5.69 Å². The van der Waals surface area contributed by atoms with Crippen LogP contribution in [0.1, 0.15) is 24.4 Å². The molecule has 0 fully saturated rings. The second-order valence-corrected chi connectivity index (χ2v) is 4.09. The van der Waals surface area contributed by atoms with Gasteiger partial charge in [-0.25, -0.2) is 4.68 Å². The summed E-state index contributed by atoms with van der Waals surface area (Å²) in [4.78, 5) is 4.19. The van der Waals surface area contributed by atoms with Crippen molar-refractivity contribution < 1.29 is 13.2 Å². The maximum atomic E-state index is 12.4. The largest absolute Gasteiger partial charge is 0.435 e. The van der Waals surface area contributed by atoms with Gasteiger partial charge < -0.3 is 5.32 Å². The van der Waals surface area contributed by atoms with Gasteiger partial charge in [0.15, 0.2) is 5.69 Å². The van der Waals surface area contributed by atoms with E-state index < -0.39 is 11.9 Å². The Labute approximate surface area is 108 Å². The summed E-state index contributed by atoms with van der Waals surface area (Å²) in [5.41, 5.74) is 0.386. The Balaban J connectivity index is 2.25. The molecule has 19 heavy (non-hydrogen) atoms. The van der Waals surface area contributed by atoms with Crippen molar-refractivity contribution in [2.24, 2.45) is 0 Å². The lowest BCUT2D eigenvalue weighted by molar-refractivity contribution is -0.141. The molecule has 102 valence electrons. The summed E-state index contributed by atoms with van der Waals surface area (Å²) < 4.78 is 38.5. The van der Waals surface area contributed by atoms with Crippen LogP contribution in [0.4, 0.5) is 13.2 Å². The molecule has 0 spiro atoms. The smallest absolute Gasteiger partial charge is 0.312 e. The van der Waals surface area contributed by atoms with Gasteiger partial charge in [0.1, 0.15) is 0 Å². The summed E-state index contributed by atoms with van der Waals surface area (Å²) in [7, 11) is 1.81. The van der Waals surface area contributed by atoms with Crippen LogP contribution >= 0.6 is 0 Å². The summed E-state index contributed by atoms with van der Waals surface area (Å²) in [6.07, 6.45) is -1.67. The lowest BCUT2D eigenvalue weighted by Crippen LogP contribution is -2.14. The first-order valence-corrected chi connectivity index (χ1v) is 5.68. The van der Waals surface area contributed by atoms with Gasteiger partial charge in [-0.15, -0.1) is 0 Å². The normalized spacial score (nSPS) is 13.5. The lowest BCUT2D eigenvalue weighted by Gasteiger charge is -2.10. The first kappa shape index (κ1) is 13.5. The molecule has 0 aliphatic heterocycles. The molecule has 1 atom stereocenters. The van der Waals surface area contributed by atoms with E-state index >= 15 is 0 Å². The number of pyridine rings is 1. The summed E-state index contributed by atoms with van der Waals surface area (Å²) in [6, 6.07) is 4.45. The van der Waals surface area contributed by atoms with E-state index in [4.69, 9.17) is 0 Å². The van der Waals surface area contributed by atoms with Crippen molar-refractivity contribution in [3.8, 4) is 5.69 Å². The van der Waals surface area contributed by atoms with E-state index in [0.717, 1.165) is 16.4 Å². The van der Waals surface area contributed by atoms with Gasteiger partial charge >= 0.3 is 6.18 Å². The Morgan fingerprint density at radius 2 is 2.00 bits per heavy atom. The maximum absolute atomic E-state index is 12.4. The molecule has 0 aliphatic carbocycles. The second-order valence-electron chi connectivity index (χ2n) is 4.09. The Bertz CT molecular complexity index is 545. The molecule has 1 unspecified atom stereocenters. The molecule has 0 aromatic carbocycles. The second kappa shape index (κ2) is 5.00. The number of halogens is 3. The fourth-order valence-electron chi connectivity index (χ4n) is 1.56. The number of alkyl halides is 3. The minimum absolute atomic E-state index is 0.0809. The first-order chi connectivity index (χ1) is 8.91. The third-order valence-electron chi connectivity index (χ3n) is 2.79. The molecule has 1 N–H and O–H groups in total. The predicted molar refractivity (Wildman–Crippen MR) is 63.8 cm³/mol. The van der Waals surface area contributed by atoms with Gasteiger partial charge in [-0.3, -0.25) is 4.98 Å². The summed E-state index contributed by atoms with van der Waals surface area (Å²) >= 11 is 0. The fourth-order valence-corrected chi connectivity index (χ4v) is 1.56. The zero-order chi connectivity index (χ0) is 14.0. The summed E-state index contributed by atoms with van der Waals surface area (Å²) in [5.74, 6) is 0. The molecule has 2 rings (SSSR count). The molecule has 0 aliphatic rings. The fraction of sp³-hybridized carbons (Fsp3) is 0.333. The van der Waals surface area contributed by atoms with Crippen LogP contribution in [-0.4, -0.2) is 21.8 Å². The van der Waals surface area contributed by atoms with Crippen LogP contribution in [-0.2, 0) is 6.18 Å². The zero-order valence-electron chi connectivity index (χ0n) is 10.4. The van der Waals surface area contributed by atoms with Crippen molar-refractivity contribution in [1.29, 1.82) is 0 Å². The topological polar surface area (TPSA) is 42.7 Å². The van der Waals surface area contributed by atoms with E-state index in [-0.39, 0.29) is 6.04 Å². The van der Waals surface area contributed by atoms with E-state index in [2.05, 4.69) is 15.4 Å². The number of nitrogens with one attached hydrogen (secondary N) is 1. The highest BCUT2D eigenvalue weighted by Crippen LogP contribution is 2.27. The third-order valence-corrected chi connectivity index (χ3v) is 2.79. The van der Waals surface area contributed by atoms with Crippen molar-refractivity contribution in [3.05, 3.63) is 42.0 Å². The van der Waals surface area contributed by atoms with Gasteiger partial charge in [-0.05, 0) is 32.2 Å². The van der Waals surface area contributed by atoms with Gasteiger partial charge in [0, 0.05) is 12.2 Å². The standard InChI is InChI=1S/C12H13F3N4/c1-8(16-2)10-4-3-9(7-17-10)19-6-5-11(18-19)12(13,14)15/h3-8,16H,1-2H3. The Morgan fingerprint density at radius 1 is 1.26 bits per heavy atom. The highest BCUT2D eigenvalue weighted by atomic mass is 19.4. The minimum Gasteiger partial charge on any atom is -0.312 e. The Hall–Kier alpha value is -1.89. The molecule has 4 nitrogen and oxygen atoms in total. The Kier molecular flexibility index (Phi) is 3.57. The van der Waals surface area contributed by atoms with Crippen molar-refractivity contribution in [3.63, 3.8) is 0 Å². The summed E-state index contributed by atoms with van der Waals surface area (Å²) in [5, 5.41) is 6.51. The van der Waals surface area contributed by atoms with Crippen LogP contribution in [0.5, 0.6) is 0 Å². The number of rotatable bonds is 3. The van der Waals surface area contributed by atoms with Crippen LogP contribution in [0.15, 0.2) is 30.6 Å². The summed E-state index contributed by atoms with van der Waals surface area (Å²) in [6.45, 7) is 1.94. The van der Waals surface area contributed by atoms with Gasteiger partial charge in [-0.1, -0.05) is 0 Å². The monoisotopic (exact) mass is 270 g/mol. The molecule has 0 bridgehead atoms. The predicted octanol–water partition coefficient (Wildman–Crippen LogP) is 2.57. The molecule has 2 aromatic heterocycles. The molecular weight excluding hydrogens is 257 g/mol. The van der Waals surface area contributed by atoms with Crippen molar-refractivity contribution in [2.75, 3.05) is 7.05 Å². The number of hydrogen-bond donors (Lipinski definition) is 1. The van der Waals surface area contributed by atoms with Crippen molar-refractivity contribution in [2.45, 2.75) is 19.1 Å². The Morgan fingerprint density at radius 3 is 2.47 bits per heavy atom. The van der Waals surface area contributed by atoms with E-state index in [9.17, 15) is 13.2 Å². The molecule has 0 radical (unpaired) electrons. The first-order valence-electron chi connectivity index (χ1n) is 5.68. The highest BCUT2D eigenvalue weighted by molar-refractivity contribution is 5.30. The lowest BCUT2D eigenvalue weighted by atomic mass is 10.2. The molecule has 2 aromatic rings. The van der Waals surface area contributed by atoms with E-state index in [1.165, 1.54) is 12.4 Å². The highest BCUT2D eigenvalue weighted by Gasteiger charge is 2.33. The van der Waals surface area contributed by atoms with Gasteiger partial charge in [0.25, 0.3) is 0 Å². The molecule has 7 heteroatoms. The third kappa shape index (κ3) is 2.93. The van der Waals surface area contributed by atoms with Crippen molar-refractivity contribution in [1.82, 2.24) is 20.1 Å². The number of aromatic nitrogens is 3. The molecular formula is C12H13F3N4. The number of nitrogens with zero attached hydrogens (tertiary/aromatic N) is 3. The average Bonchev–Trinajstić information content (AvgIpc) is 2.87. The van der Waals surface area contributed by atoms with Crippen LogP contribution in [0.3, 0.4) is 0 Å². The van der Waals surface area contributed by atoms with Gasteiger partial charge in [0.2, 0.25) is 0 Å².